The number of benzene rings is 2. The molecule has 2 aromatic carbocycles. The minimum atomic E-state index is -1.23. The molecule has 0 aromatic heterocycles. The monoisotopic (exact) mass is 218 g/mol. The normalized spacial score (nSPS) is 15.5. The smallest absolute Gasteiger partial charge is 0.0566 e. The molecule has 0 aliphatic carbocycles. The van der Waals surface area contributed by atoms with Crippen LogP contribution in [0.3, 0.4) is 0 Å². The molecule has 1 unspecified atom stereocenters. The van der Waals surface area contributed by atoms with Crippen molar-refractivity contribution in [2.24, 2.45) is 5.73 Å². The minimum absolute atomic E-state index is 0.646. The number of rotatable bonds is 2. The van der Waals surface area contributed by atoms with E-state index in [0.717, 1.165) is 11.1 Å². The van der Waals surface area contributed by atoms with Crippen LogP contribution in [0.2, 0.25) is 5.02 Å². The second kappa shape index (κ2) is 4.47. The van der Waals surface area contributed by atoms with Gasteiger partial charge in [0.25, 0.3) is 0 Å². The number of hydrogen-bond donors (Lipinski definition) is 1. The lowest BCUT2D eigenvalue weighted by Gasteiger charge is -2.12. The third-order valence-electron chi connectivity index (χ3n) is 2.24. The van der Waals surface area contributed by atoms with Gasteiger partial charge in [-0.3, -0.25) is 0 Å². The van der Waals surface area contributed by atoms with E-state index >= 15 is 0 Å². The molecule has 0 saturated heterocycles. The summed E-state index contributed by atoms with van der Waals surface area (Å²) in [5.74, 6) is 0. The first-order valence-corrected chi connectivity index (χ1v) is 5.09. The molecule has 1 atom stereocenters. The lowest BCUT2D eigenvalue weighted by atomic mass is 10.00. The lowest BCUT2D eigenvalue weighted by molar-refractivity contribution is 0.871. The van der Waals surface area contributed by atoms with Gasteiger partial charge in [0.05, 0.1) is 7.39 Å². The van der Waals surface area contributed by atoms with Gasteiger partial charge < -0.3 is 5.73 Å². The van der Waals surface area contributed by atoms with Crippen LogP contribution < -0.4 is 5.73 Å². The molecule has 0 saturated carbocycles. The summed E-state index contributed by atoms with van der Waals surface area (Å²) in [6, 6.07) is 15.2. The van der Waals surface area contributed by atoms with E-state index in [0.29, 0.717) is 5.02 Å². The van der Waals surface area contributed by atoms with Crippen LogP contribution in [0.25, 0.3) is 0 Å². The van der Waals surface area contributed by atoms with E-state index in [-0.39, 0.29) is 0 Å². The first-order chi connectivity index (χ1) is 7.60. The Hall–Kier alpha value is -1.31. The molecule has 76 valence electrons. The molecule has 0 spiro atoms. The van der Waals surface area contributed by atoms with Gasteiger partial charge in [-0.05, 0) is 23.3 Å². The second-order valence-electron chi connectivity index (χ2n) is 3.29. The van der Waals surface area contributed by atoms with Crippen LogP contribution >= 0.6 is 11.6 Å². The van der Waals surface area contributed by atoms with Gasteiger partial charge in [0, 0.05) is 5.02 Å². The van der Waals surface area contributed by atoms with Crippen molar-refractivity contribution in [3.63, 3.8) is 0 Å². The summed E-state index contributed by atoms with van der Waals surface area (Å²) in [6.45, 7) is 0. The standard InChI is InChI=1S/C13H12ClN/c14-12-8-6-11(7-9-12)13(15)10-4-2-1-3-5-10/h1-9,13H,15H2/i13D. The molecule has 1 nitrogen and oxygen atoms in total. The molecule has 2 aromatic rings. The van der Waals surface area contributed by atoms with E-state index in [2.05, 4.69) is 0 Å². The average Bonchev–Trinajstić information content (AvgIpc) is 2.31. The molecule has 2 N–H and O–H groups in total. The molecular formula is C13H12ClN. The quantitative estimate of drug-likeness (QED) is 0.822. The van der Waals surface area contributed by atoms with Gasteiger partial charge in [0.2, 0.25) is 0 Å². The van der Waals surface area contributed by atoms with Crippen molar-refractivity contribution in [1.82, 2.24) is 0 Å². The molecule has 15 heavy (non-hydrogen) atoms. The summed E-state index contributed by atoms with van der Waals surface area (Å²) >= 11 is 5.81. The van der Waals surface area contributed by atoms with Crippen LogP contribution in [0, 0.1) is 0 Å². The molecule has 0 fully saturated rings. The predicted octanol–water partition coefficient (Wildman–Crippen LogP) is 3.39. The molecule has 0 heterocycles. The fraction of sp³-hybridized carbons (Fsp3) is 0.0769. The Morgan fingerprint density at radius 3 is 2.07 bits per heavy atom. The molecule has 0 amide bonds. The molecule has 0 aliphatic rings. The fourth-order valence-corrected chi connectivity index (χ4v) is 1.54. The third kappa shape index (κ3) is 2.38. The van der Waals surface area contributed by atoms with Crippen LogP contribution in [0.15, 0.2) is 54.6 Å². The average molecular weight is 219 g/mol. The lowest BCUT2D eigenvalue weighted by Crippen LogP contribution is -2.11. The van der Waals surface area contributed by atoms with Gasteiger partial charge in [0.15, 0.2) is 0 Å². The maximum absolute atomic E-state index is 8.21. The van der Waals surface area contributed by atoms with Crippen LogP contribution in [-0.4, -0.2) is 0 Å². The van der Waals surface area contributed by atoms with E-state index in [1.165, 1.54) is 0 Å². The van der Waals surface area contributed by atoms with Gasteiger partial charge in [-0.2, -0.15) is 0 Å². The first-order valence-electron chi connectivity index (χ1n) is 5.21. The van der Waals surface area contributed by atoms with E-state index in [9.17, 15) is 0 Å². The molecular weight excluding hydrogens is 206 g/mol. The Bertz CT molecular complexity index is 465. The molecule has 0 aliphatic heterocycles. The van der Waals surface area contributed by atoms with Crippen molar-refractivity contribution >= 4 is 11.6 Å². The molecule has 2 rings (SSSR count). The SMILES string of the molecule is [2H]C(N)(c1ccccc1)c1ccc(Cl)cc1. The zero-order valence-electron chi connectivity index (χ0n) is 9.15. The van der Waals surface area contributed by atoms with Gasteiger partial charge in [-0.15, -0.1) is 0 Å². The van der Waals surface area contributed by atoms with Gasteiger partial charge in [-0.1, -0.05) is 54.1 Å². The summed E-state index contributed by atoms with van der Waals surface area (Å²) < 4.78 is 8.21. The Labute approximate surface area is 95.9 Å². The Balaban J connectivity index is 2.43. The minimum Gasteiger partial charge on any atom is -0.320 e. The van der Waals surface area contributed by atoms with Crippen molar-refractivity contribution in [2.45, 2.75) is 6.02 Å². The highest BCUT2D eigenvalue weighted by Gasteiger charge is 2.07. The summed E-state index contributed by atoms with van der Waals surface area (Å²) in [5, 5.41) is 0.646. The van der Waals surface area contributed by atoms with Crippen molar-refractivity contribution in [3.8, 4) is 0 Å². The van der Waals surface area contributed by atoms with Crippen molar-refractivity contribution < 1.29 is 1.37 Å². The zero-order valence-corrected chi connectivity index (χ0v) is 8.91. The largest absolute Gasteiger partial charge is 0.320 e. The van der Waals surface area contributed by atoms with E-state index in [1.807, 2.05) is 30.3 Å². The number of nitrogens with two attached hydrogens (primary N) is 1. The van der Waals surface area contributed by atoms with Gasteiger partial charge in [0.1, 0.15) is 0 Å². The molecule has 0 bridgehead atoms. The number of hydrogen-bond acceptors (Lipinski definition) is 1. The second-order valence-corrected chi connectivity index (χ2v) is 3.72. The first kappa shape index (κ1) is 8.96. The van der Waals surface area contributed by atoms with Crippen LogP contribution in [0.4, 0.5) is 0 Å². The zero-order chi connectivity index (χ0) is 11.6. The predicted molar refractivity (Wildman–Crippen MR) is 63.9 cm³/mol. The van der Waals surface area contributed by atoms with Crippen LogP contribution in [0.5, 0.6) is 0 Å². The Morgan fingerprint density at radius 1 is 0.933 bits per heavy atom. The number of halogens is 1. The molecule has 0 radical (unpaired) electrons. The van der Waals surface area contributed by atoms with E-state index in [1.54, 1.807) is 24.3 Å². The molecule has 2 heteroatoms. The highest BCUT2D eigenvalue weighted by atomic mass is 35.5. The highest BCUT2D eigenvalue weighted by molar-refractivity contribution is 6.30. The van der Waals surface area contributed by atoms with Crippen molar-refractivity contribution in [1.29, 1.82) is 0 Å². The highest BCUT2D eigenvalue weighted by Crippen LogP contribution is 2.20. The Morgan fingerprint density at radius 2 is 1.47 bits per heavy atom. The van der Waals surface area contributed by atoms with Gasteiger partial charge >= 0.3 is 0 Å². The summed E-state index contributed by atoms with van der Waals surface area (Å²) in [6.07, 6.45) is 0. The maximum atomic E-state index is 8.21. The van der Waals surface area contributed by atoms with Gasteiger partial charge in [-0.25, -0.2) is 0 Å². The fourth-order valence-electron chi connectivity index (χ4n) is 1.41. The van der Waals surface area contributed by atoms with Crippen LogP contribution in [0.1, 0.15) is 18.5 Å². The summed E-state index contributed by atoms with van der Waals surface area (Å²) in [5.41, 5.74) is 7.52. The maximum Gasteiger partial charge on any atom is 0.0566 e. The van der Waals surface area contributed by atoms with E-state index in [4.69, 9.17) is 18.7 Å². The Kier molecular flexibility index (Phi) is 2.67. The van der Waals surface area contributed by atoms with Crippen molar-refractivity contribution in [3.05, 3.63) is 70.7 Å². The summed E-state index contributed by atoms with van der Waals surface area (Å²) in [4.78, 5) is 0. The van der Waals surface area contributed by atoms with Crippen LogP contribution in [-0.2, 0) is 0 Å². The third-order valence-corrected chi connectivity index (χ3v) is 2.49. The topological polar surface area (TPSA) is 26.0 Å². The van der Waals surface area contributed by atoms with E-state index < -0.39 is 6.02 Å². The summed E-state index contributed by atoms with van der Waals surface area (Å²) in [7, 11) is 0. The van der Waals surface area contributed by atoms with Crippen molar-refractivity contribution in [2.75, 3.05) is 0 Å².